The molecule has 0 aromatic heterocycles. The Morgan fingerprint density at radius 3 is 1.07 bits per heavy atom. The van der Waals surface area contributed by atoms with Gasteiger partial charge in [0.1, 0.15) is 6.23 Å². The number of aliphatic hydroxyl groups is 2. The normalized spacial score (nSPS) is 13.0. The van der Waals surface area contributed by atoms with Gasteiger partial charge in [0.15, 0.2) is 0 Å². The summed E-state index contributed by atoms with van der Waals surface area (Å²) in [4.78, 5) is 12.1. The summed E-state index contributed by atoms with van der Waals surface area (Å²) in [6.07, 6.45) is 39.7. The van der Waals surface area contributed by atoms with E-state index < -0.39 is 12.3 Å². The van der Waals surface area contributed by atoms with Crippen LogP contribution in [0.25, 0.3) is 0 Å². The van der Waals surface area contributed by atoms with Crippen LogP contribution in [-0.4, -0.2) is 28.5 Å². The van der Waals surface area contributed by atoms with Crippen molar-refractivity contribution in [3.63, 3.8) is 0 Å². The van der Waals surface area contributed by atoms with Crippen LogP contribution in [0.4, 0.5) is 0 Å². The van der Waals surface area contributed by atoms with Gasteiger partial charge in [-0.25, -0.2) is 0 Å². The molecule has 3 N–H and O–H groups in total. The lowest BCUT2D eigenvalue weighted by Crippen LogP contribution is -2.37. The predicted octanol–water partition coefficient (Wildman–Crippen LogP) is 11.7. The van der Waals surface area contributed by atoms with Gasteiger partial charge in [-0.2, -0.15) is 0 Å². The van der Waals surface area contributed by atoms with Gasteiger partial charge >= 0.3 is 0 Å². The van der Waals surface area contributed by atoms with Gasteiger partial charge in [0.2, 0.25) is 5.91 Å². The molecule has 252 valence electrons. The minimum atomic E-state index is -0.930. The highest BCUT2D eigenvalue weighted by Gasteiger charge is 2.14. The molecular weight excluding hydrogens is 518 g/mol. The summed E-state index contributed by atoms with van der Waals surface area (Å²) in [5.41, 5.74) is 0. The Labute approximate surface area is 264 Å². The van der Waals surface area contributed by atoms with E-state index in [2.05, 4.69) is 19.2 Å². The maximum atomic E-state index is 12.1. The molecule has 4 heteroatoms. The standard InChI is InChI=1S/C38H77NO3/c1-3-5-7-9-11-13-15-17-18-19-20-22-24-26-28-30-32-34-37(41)39-38(42)35-36(40)33-31-29-27-25-23-21-16-14-12-10-8-6-4-2/h36,38,40,42H,3-35H2,1-2H3,(H,39,41). The lowest BCUT2D eigenvalue weighted by Gasteiger charge is -2.17. The quantitative estimate of drug-likeness (QED) is 0.0504. The summed E-state index contributed by atoms with van der Waals surface area (Å²) < 4.78 is 0. The van der Waals surface area contributed by atoms with E-state index in [4.69, 9.17) is 0 Å². The second-order valence-corrected chi connectivity index (χ2v) is 13.4. The Balaban J connectivity index is 3.38. The van der Waals surface area contributed by atoms with Crippen LogP contribution in [0.1, 0.15) is 226 Å². The van der Waals surface area contributed by atoms with Crippen LogP contribution in [0.5, 0.6) is 0 Å². The third-order valence-electron chi connectivity index (χ3n) is 8.97. The Bertz CT molecular complexity index is 526. The smallest absolute Gasteiger partial charge is 0.221 e. The van der Waals surface area contributed by atoms with Gasteiger partial charge in [-0.1, -0.05) is 200 Å². The van der Waals surface area contributed by atoms with Gasteiger partial charge in [0, 0.05) is 12.8 Å². The molecule has 0 bridgehead atoms. The molecule has 4 nitrogen and oxygen atoms in total. The highest BCUT2D eigenvalue weighted by Crippen LogP contribution is 2.16. The molecule has 0 aliphatic rings. The zero-order valence-electron chi connectivity index (χ0n) is 28.8. The van der Waals surface area contributed by atoms with Crippen molar-refractivity contribution in [1.29, 1.82) is 0 Å². The molecule has 0 saturated carbocycles. The Kier molecular flexibility index (Phi) is 34.4. The first-order chi connectivity index (χ1) is 20.6. The van der Waals surface area contributed by atoms with Gasteiger partial charge in [-0.05, 0) is 12.8 Å². The molecular formula is C38H77NO3. The lowest BCUT2D eigenvalue weighted by atomic mass is 10.0. The third kappa shape index (κ3) is 33.9. The summed E-state index contributed by atoms with van der Waals surface area (Å²) in [7, 11) is 0. The average molecular weight is 596 g/mol. The van der Waals surface area contributed by atoms with Crippen molar-refractivity contribution in [1.82, 2.24) is 5.32 Å². The van der Waals surface area contributed by atoms with Crippen molar-refractivity contribution >= 4 is 5.91 Å². The summed E-state index contributed by atoms with van der Waals surface area (Å²) >= 11 is 0. The number of hydrogen-bond acceptors (Lipinski definition) is 3. The molecule has 1 amide bonds. The second-order valence-electron chi connectivity index (χ2n) is 13.4. The van der Waals surface area contributed by atoms with E-state index in [9.17, 15) is 15.0 Å². The molecule has 0 aliphatic heterocycles. The number of carbonyl (C=O) groups is 1. The van der Waals surface area contributed by atoms with Gasteiger partial charge in [0.05, 0.1) is 6.10 Å². The summed E-state index contributed by atoms with van der Waals surface area (Å²) in [6.45, 7) is 4.55. The number of rotatable bonds is 35. The molecule has 0 saturated heterocycles. The fraction of sp³-hybridized carbons (Fsp3) is 0.974. The molecule has 0 radical (unpaired) electrons. The van der Waals surface area contributed by atoms with Crippen molar-refractivity contribution < 1.29 is 15.0 Å². The Morgan fingerprint density at radius 1 is 0.452 bits per heavy atom. The summed E-state index contributed by atoms with van der Waals surface area (Å²) in [5, 5.41) is 23.0. The van der Waals surface area contributed by atoms with Gasteiger partial charge in [-0.3, -0.25) is 4.79 Å². The molecule has 0 aliphatic carbocycles. The third-order valence-corrected chi connectivity index (χ3v) is 8.97. The van der Waals surface area contributed by atoms with E-state index in [1.54, 1.807) is 0 Å². The predicted molar refractivity (Wildman–Crippen MR) is 184 cm³/mol. The van der Waals surface area contributed by atoms with E-state index >= 15 is 0 Å². The highest BCUT2D eigenvalue weighted by molar-refractivity contribution is 5.75. The molecule has 2 unspecified atom stereocenters. The summed E-state index contributed by atoms with van der Waals surface area (Å²) in [6, 6.07) is 0. The van der Waals surface area contributed by atoms with Crippen LogP contribution in [0, 0.1) is 0 Å². The Morgan fingerprint density at radius 2 is 0.738 bits per heavy atom. The van der Waals surface area contributed by atoms with Gasteiger partial charge in [0.25, 0.3) is 0 Å². The van der Waals surface area contributed by atoms with E-state index in [0.29, 0.717) is 12.8 Å². The van der Waals surface area contributed by atoms with E-state index in [1.165, 1.54) is 167 Å². The van der Waals surface area contributed by atoms with Crippen molar-refractivity contribution in [2.24, 2.45) is 0 Å². The lowest BCUT2D eigenvalue weighted by molar-refractivity contribution is -0.124. The van der Waals surface area contributed by atoms with Crippen LogP contribution in [0.15, 0.2) is 0 Å². The molecule has 0 heterocycles. The first-order valence-corrected chi connectivity index (χ1v) is 19.3. The molecule has 0 rings (SSSR count). The SMILES string of the molecule is CCCCCCCCCCCCCCCCCCCC(=O)NC(O)CC(O)CCCCCCCCCCCCCCC. The Hall–Kier alpha value is -0.610. The fourth-order valence-corrected chi connectivity index (χ4v) is 6.10. The van der Waals surface area contributed by atoms with E-state index in [1.807, 2.05) is 0 Å². The maximum absolute atomic E-state index is 12.1. The largest absolute Gasteiger partial charge is 0.393 e. The number of aliphatic hydroxyl groups excluding tert-OH is 2. The summed E-state index contributed by atoms with van der Waals surface area (Å²) in [5.74, 6) is -0.0865. The number of hydrogen-bond donors (Lipinski definition) is 3. The molecule has 0 spiro atoms. The van der Waals surface area contributed by atoms with Crippen molar-refractivity contribution in [2.45, 2.75) is 238 Å². The van der Waals surface area contributed by atoms with Crippen LogP contribution >= 0.6 is 0 Å². The number of nitrogens with one attached hydrogen (secondary N) is 1. The fourth-order valence-electron chi connectivity index (χ4n) is 6.10. The molecule has 0 aromatic rings. The topological polar surface area (TPSA) is 69.6 Å². The first kappa shape index (κ1) is 41.4. The van der Waals surface area contributed by atoms with Crippen molar-refractivity contribution in [2.75, 3.05) is 0 Å². The number of carbonyl (C=O) groups excluding carboxylic acids is 1. The minimum absolute atomic E-state index is 0.0865. The van der Waals surface area contributed by atoms with Gasteiger partial charge < -0.3 is 15.5 Å². The number of amides is 1. The van der Waals surface area contributed by atoms with Gasteiger partial charge in [-0.15, -0.1) is 0 Å². The van der Waals surface area contributed by atoms with Crippen molar-refractivity contribution in [3.8, 4) is 0 Å². The molecule has 2 atom stereocenters. The van der Waals surface area contributed by atoms with Crippen LogP contribution in [-0.2, 0) is 4.79 Å². The van der Waals surface area contributed by atoms with Crippen molar-refractivity contribution in [3.05, 3.63) is 0 Å². The highest BCUT2D eigenvalue weighted by atomic mass is 16.3. The maximum Gasteiger partial charge on any atom is 0.221 e. The van der Waals surface area contributed by atoms with Crippen LogP contribution in [0.2, 0.25) is 0 Å². The number of unbranched alkanes of at least 4 members (excludes halogenated alkanes) is 28. The molecule has 42 heavy (non-hydrogen) atoms. The van der Waals surface area contributed by atoms with E-state index in [-0.39, 0.29) is 12.3 Å². The minimum Gasteiger partial charge on any atom is -0.393 e. The van der Waals surface area contributed by atoms with Crippen LogP contribution in [0.3, 0.4) is 0 Å². The second kappa shape index (κ2) is 34.9. The zero-order valence-corrected chi connectivity index (χ0v) is 28.8. The molecule has 0 aromatic carbocycles. The average Bonchev–Trinajstić information content (AvgIpc) is 2.97. The monoisotopic (exact) mass is 596 g/mol. The first-order valence-electron chi connectivity index (χ1n) is 19.3. The van der Waals surface area contributed by atoms with Crippen LogP contribution < -0.4 is 5.32 Å². The molecule has 0 fully saturated rings. The van der Waals surface area contributed by atoms with E-state index in [0.717, 1.165) is 25.7 Å². The zero-order chi connectivity index (χ0) is 30.8.